The second-order valence-corrected chi connectivity index (χ2v) is 7.80. The number of hydrogen-bond donors (Lipinski definition) is 0. The van der Waals surface area contributed by atoms with E-state index in [0.717, 1.165) is 16.3 Å². The number of rotatable bonds is 3. The first-order chi connectivity index (χ1) is 13.6. The van der Waals surface area contributed by atoms with E-state index in [9.17, 15) is 9.59 Å². The Morgan fingerprint density at radius 3 is 2.64 bits per heavy atom. The molecule has 6 heteroatoms. The second-order valence-electron chi connectivity index (χ2n) is 6.13. The molecular formula is C22H15NO3S2. The number of carbonyl (C=O) groups excluding carboxylic acids is 2. The largest absolute Gasteiger partial charge is 0.465 e. The molecule has 138 valence electrons. The normalized spacial score (nSPS) is 15.5. The van der Waals surface area contributed by atoms with Gasteiger partial charge in [0.05, 0.1) is 23.3 Å². The molecule has 1 aliphatic heterocycles. The summed E-state index contributed by atoms with van der Waals surface area (Å²) in [6.45, 7) is 0. The Morgan fingerprint density at radius 1 is 1.07 bits per heavy atom. The van der Waals surface area contributed by atoms with Gasteiger partial charge >= 0.3 is 5.97 Å². The summed E-state index contributed by atoms with van der Waals surface area (Å²) in [6, 6.07) is 20.7. The molecule has 1 amide bonds. The second kappa shape index (κ2) is 7.58. The molecule has 3 aromatic rings. The molecule has 0 aromatic heterocycles. The first-order valence-electron chi connectivity index (χ1n) is 8.52. The predicted molar refractivity (Wildman–Crippen MR) is 117 cm³/mol. The first-order valence-corrected chi connectivity index (χ1v) is 9.75. The van der Waals surface area contributed by atoms with Crippen LogP contribution in [0, 0.1) is 0 Å². The van der Waals surface area contributed by atoms with Gasteiger partial charge in [-0.05, 0) is 40.6 Å². The Labute approximate surface area is 171 Å². The van der Waals surface area contributed by atoms with Crippen LogP contribution in [0.2, 0.25) is 0 Å². The van der Waals surface area contributed by atoms with Gasteiger partial charge in [0.15, 0.2) is 4.32 Å². The smallest absolute Gasteiger partial charge is 0.337 e. The van der Waals surface area contributed by atoms with Crippen molar-refractivity contribution >= 4 is 62.7 Å². The summed E-state index contributed by atoms with van der Waals surface area (Å²) in [7, 11) is 1.32. The molecule has 0 atom stereocenters. The van der Waals surface area contributed by atoms with Crippen LogP contribution >= 0.6 is 24.0 Å². The number of thiocarbonyl (C=S) groups is 1. The van der Waals surface area contributed by atoms with Crippen molar-refractivity contribution in [3.63, 3.8) is 0 Å². The molecule has 0 unspecified atom stereocenters. The van der Waals surface area contributed by atoms with Crippen LogP contribution in [0.1, 0.15) is 15.9 Å². The Bertz CT molecular complexity index is 1150. The molecule has 4 nitrogen and oxygen atoms in total. The highest BCUT2D eigenvalue weighted by Gasteiger charge is 2.33. The van der Waals surface area contributed by atoms with Gasteiger partial charge in [-0.1, -0.05) is 72.5 Å². The molecular weight excluding hydrogens is 390 g/mol. The van der Waals surface area contributed by atoms with Crippen LogP contribution in [-0.2, 0) is 9.53 Å². The average molecular weight is 406 g/mol. The van der Waals surface area contributed by atoms with E-state index in [1.807, 2.05) is 48.5 Å². The van der Waals surface area contributed by atoms with Crippen molar-refractivity contribution in [3.05, 3.63) is 82.8 Å². The van der Waals surface area contributed by atoms with Crippen molar-refractivity contribution in [1.29, 1.82) is 0 Å². The minimum absolute atomic E-state index is 0.204. The van der Waals surface area contributed by atoms with E-state index in [1.165, 1.54) is 23.8 Å². The Balaban J connectivity index is 1.71. The fourth-order valence-corrected chi connectivity index (χ4v) is 4.39. The fourth-order valence-electron chi connectivity index (χ4n) is 3.10. The highest BCUT2D eigenvalue weighted by atomic mass is 32.2. The number of benzene rings is 3. The van der Waals surface area contributed by atoms with Crippen LogP contribution in [-0.4, -0.2) is 23.3 Å². The van der Waals surface area contributed by atoms with Gasteiger partial charge in [0.25, 0.3) is 5.91 Å². The van der Waals surface area contributed by atoms with Crippen molar-refractivity contribution in [2.45, 2.75) is 0 Å². The van der Waals surface area contributed by atoms with Gasteiger partial charge in [0, 0.05) is 0 Å². The number of carbonyl (C=O) groups is 2. The number of nitrogens with zero attached hydrogens (tertiary/aromatic N) is 1. The molecule has 0 bridgehead atoms. The van der Waals surface area contributed by atoms with Gasteiger partial charge in [-0.3, -0.25) is 9.69 Å². The number of amides is 1. The van der Waals surface area contributed by atoms with Gasteiger partial charge in [-0.25, -0.2) is 4.79 Å². The van der Waals surface area contributed by atoms with E-state index in [-0.39, 0.29) is 5.91 Å². The third kappa shape index (κ3) is 3.32. The van der Waals surface area contributed by atoms with E-state index >= 15 is 0 Å². The lowest BCUT2D eigenvalue weighted by atomic mass is 10.0. The molecule has 1 heterocycles. The lowest BCUT2D eigenvalue weighted by molar-refractivity contribution is -0.113. The molecule has 0 spiro atoms. The Kier molecular flexibility index (Phi) is 4.98. The fraction of sp³-hybridized carbons (Fsp3) is 0.0455. The first kappa shape index (κ1) is 18.4. The molecule has 0 N–H and O–H groups in total. The van der Waals surface area contributed by atoms with Crippen molar-refractivity contribution in [2.24, 2.45) is 0 Å². The van der Waals surface area contributed by atoms with Gasteiger partial charge in [0.1, 0.15) is 0 Å². The van der Waals surface area contributed by atoms with Crippen LogP contribution in [0.4, 0.5) is 5.69 Å². The zero-order valence-electron chi connectivity index (χ0n) is 14.9. The third-order valence-electron chi connectivity index (χ3n) is 4.43. The number of esters is 1. The quantitative estimate of drug-likeness (QED) is 0.347. The molecule has 1 aliphatic rings. The van der Waals surface area contributed by atoms with Gasteiger partial charge in [-0.2, -0.15) is 0 Å². The molecule has 1 fully saturated rings. The van der Waals surface area contributed by atoms with Crippen LogP contribution < -0.4 is 4.90 Å². The lowest BCUT2D eigenvalue weighted by Crippen LogP contribution is -2.27. The Morgan fingerprint density at radius 2 is 1.82 bits per heavy atom. The zero-order chi connectivity index (χ0) is 19.7. The highest BCUT2D eigenvalue weighted by Crippen LogP contribution is 2.37. The van der Waals surface area contributed by atoms with Gasteiger partial charge in [0.2, 0.25) is 0 Å². The zero-order valence-corrected chi connectivity index (χ0v) is 16.5. The maximum absolute atomic E-state index is 13.0. The van der Waals surface area contributed by atoms with Crippen LogP contribution in [0.5, 0.6) is 0 Å². The van der Waals surface area contributed by atoms with Crippen molar-refractivity contribution in [2.75, 3.05) is 12.0 Å². The molecule has 0 aliphatic carbocycles. The Hall–Kier alpha value is -2.96. The summed E-state index contributed by atoms with van der Waals surface area (Å²) in [5.41, 5.74) is 1.88. The number of methoxy groups -OCH3 is 1. The SMILES string of the molecule is COC(=O)c1cccc(N2C(=O)/C(=C/c3cccc4ccccc34)SC2=S)c1. The summed E-state index contributed by atoms with van der Waals surface area (Å²) in [5.74, 6) is -0.663. The monoisotopic (exact) mass is 405 g/mol. The number of fused-ring (bicyclic) bond motifs is 1. The highest BCUT2D eigenvalue weighted by molar-refractivity contribution is 8.27. The van der Waals surface area contributed by atoms with E-state index in [1.54, 1.807) is 24.3 Å². The number of anilines is 1. The van der Waals surface area contributed by atoms with E-state index in [4.69, 9.17) is 17.0 Å². The van der Waals surface area contributed by atoms with E-state index < -0.39 is 5.97 Å². The summed E-state index contributed by atoms with van der Waals surface area (Å²) in [5, 5.41) is 2.18. The van der Waals surface area contributed by atoms with Gasteiger partial charge < -0.3 is 4.74 Å². The molecule has 1 saturated heterocycles. The number of ether oxygens (including phenoxy) is 1. The molecule has 0 saturated carbocycles. The van der Waals surface area contributed by atoms with E-state index in [0.29, 0.717) is 20.5 Å². The maximum atomic E-state index is 13.0. The summed E-state index contributed by atoms with van der Waals surface area (Å²) in [6.07, 6.45) is 1.87. The molecule has 3 aromatic carbocycles. The maximum Gasteiger partial charge on any atom is 0.337 e. The van der Waals surface area contributed by atoms with Crippen LogP contribution in [0.25, 0.3) is 16.8 Å². The van der Waals surface area contributed by atoms with E-state index in [2.05, 4.69) is 0 Å². The predicted octanol–water partition coefficient (Wildman–Crippen LogP) is 5.03. The number of thioether (sulfide) groups is 1. The summed E-state index contributed by atoms with van der Waals surface area (Å²) < 4.78 is 5.19. The number of hydrogen-bond acceptors (Lipinski definition) is 5. The van der Waals surface area contributed by atoms with Crippen molar-refractivity contribution < 1.29 is 14.3 Å². The molecule has 28 heavy (non-hydrogen) atoms. The van der Waals surface area contributed by atoms with Crippen molar-refractivity contribution in [1.82, 2.24) is 0 Å². The van der Waals surface area contributed by atoms with Gasteiger partial charge in [-0.15, -0.1) is 0 Å². The van der Waals surface area contributed by atoms with Crippen LogP contribution in [0.3, 0.4) is 0 Å². The third-order valence-corrected chi connectivity index (χ3v) is 5.73. The average Bonchev–Trinajstić information content (AvgIpc) is 3.00. The topological polar surface area (TPSA) is 46.6 Å². The lowest BCUT2D eigenvalue weighted by Gasteiger charge is -2.15. The summed E-state index contributed by atoms with van der Waals surface area (Å²) >= 11 is 6.69. The minimum Gasteiger partial charge on any atom is -0.465 e. The molecule has 4 rings (SSSR count). The van der Waals surface area contributed by atoms with Crippen molar-refractivity contribution in [3.8, 4) is 0 Å². The van der Waals surface area contributed by atoms with Crippen LogP contribution in [0.15, 0.2) is 71.6 Å². The molecule has 0 radical (unpaired) electrons. The summed E-state index contributed by atoms with van der Waals surface area (Å²) in [4.78, 5) is 26.8. The minimum atomic E-state index is -0.460. The standard InChI is InChI=1S/C22H15NO3S2/c1-26-21(25)16-9-5-10-17(12-16)23-20(24)19(28-22(23)27)13-15-8-4-7-14-6-2-3-11-18(14)15/h2-13H,1H3/b19-13-.